The van der Waals surface area contributed by atoms with Gasteiger partial charge in [-0.05, 0) is 127 Å². The highest BCUT2D eigenvalue weighted by Gasteiger charge is 2.35. The Labute approximate surface area is 621 Å². The lowest BCUT2D eigenvalue weighted by Gasteiger charge is -2.35. The first-order valence-electron chi connectivity index (χ1n) is 35.2. The predicted molar refractivity (Wildman–Crippen MR) is 415 cm³/mol. The van der Waals surface area contributed by atoms with E-state index < -0.39 is 30.8 Å². The molecule has 105 heavy (non-hydrogen) atoms. The number of aliphatic imine (C=N–C) groups is 2. The Kier molecular flexibility index (Phi) is 36.7. The molecule has 28 heteroatoms. The van der Waals surface area contributed by atoms with Crippen molar-refractivity contribution in [2.24, 2.45) is 20.2 Å². The Balaban J connectivity index is 1.48. The summed E-state index contributed by atoms with van der Waals surface area (Å²) in [6, 6.07) is 30.9. The van der Waals surface area contributed by atoms with Crippen LogP contribution in [0.4, 0.5) is 28.7 Å². The van der Waals surface area contributed by atoms with Crippen LogP contribution >= 0.6 is 0 Å². The molecule has 0 aliphatic carbocycles. The van der Waals surface area contributed by atoms with Crippen LogP contribution in [0.15, 0.2) is 150 Å². The minimum atomic E-state index is -4.11. The fourth-order valence-electron chi connectivity index (χ4n) is 11.3. The van der Waals surface area contributed by atoms with Gasteiger partial charge in [0.25, 0.3) is 6.54 Å². The number of sulfone groups is 2. The summed E-state index contributed by atoms with van der Waals surface area (Å²) in [5.74, 6) is 0.524. The van der Waals surface area contributed by atoms with Gasteiger partial charge in [0, 0.05) is 86.2 Å². The molecule has 0 aliphatic heterocycles. The number of pyridine rings is 1. The van der Waals surface area contributed by atoms with Crippen LogP contribution in [0.3, 0.4) is 0 Å². The number of para-hydroxylation sites is 1. The van der Waals surface area contributed by atoms with Crippen molar-refractivity contribution in [1.82, 2.24) is 20.1 Å². The molecule has 7 N–H and O–H groups in total. The van der Waals surface area contributed by atoms with Crippen molar-refractivity contribution < 1.29 is 65.7 Å². The Morgan fingerprint density at radius 1 is 0.705 bits per heavy atom. The molecule has 1 aromatic heterocycles. The molecule has 0 bridgehead atoms. The van der Waals surface area contributed by atoms with E-state index in [1.165, 1.54) is 46.6 Å². The number of nitriles is 1. The quantitative estimate of drug-likeness (QED) is 0.00625. The number of hydrogen-bond donors (Lipinski definition) is 7. The molecule has 5 rings (SSSR count). The summed E-state index contributed by atoms with van der Waals surface area (Å²) in [6.07, 6.45) is 6.36. The summed E-state index contributed by atoms with van der Waals surface area (Å²) in [4.78, 5) is 23.1. The summed E-state index contributed by atoms with van der Waals surface area (Å²) in [5.41, 5.74) is 5.62. The number of benzene rings is 4. The van der Waals surface area contributed by atoms with Crippen LogP contribution in [0, 0.1) is 17.4 Å². The molecule has 4 aromatic carbocycles. The third-order valence-corrected chi connectivity index (χ3v) is 20.5. The minimum absolute atomic E-state index is 0.0107. The number of nitrogens with zero attached hydrogens (tertiary/aromatic N) is 9. The van der Waals surface area contributed by atoms with Gasteiger partial charge in [0.1, 0.15) is 55.8 Å². The Bertz CT molecular complexity index is 4110. The second-order valence-electron chi connectivity index (χ2n) is 25.8. The minimum Gasteiger partial charge on any atom is -0.496 e. The van der Waals surface area contributed by atoms with Gasteiger partial charge in [0.15, 0.2) is 31.3 Å². The molecule has 0 radical (unpaired) electrons. The molecule has 0 fully saturated rings. The van der Waals surface area contributed by atoms with Gasteiger partial charge in [-0.2, -0.15) is 5.26 Å². The normalized spacial score (nSPS) is 12.7. The number of aryl methyl sites for hydroxylation is 1. The number of ether oxygens (including phenoxy) is 6. The lowest BCUT2D eigenvalue weighted by molar-refractivity contribution is 0.0949. The smallest absolute Gasteiger partial charge is 0.315 e. The lowest BCUT2D eigenvalue weighted by Crippen LogP contribution is -2.49. The highest BCUT2D eigenvalue weighted by atomic mass is 32.2. The maximum Gasteiger partial charge on any atom is 0.315 e. The van der Waals surface area contributed by atoms with E-state index in [4.69, 9.17) is 48.4 Å². The van der Waals surface area contributed by atoms with E-state index in [-0.39, 0.29) is 141 Å². The van der Waals surface area contributed by atoms with E-state index in [1.54, 1.807) is 12.3 Å². The standard InChI is InChI=1S/C77H108N12O14S2/c1-14-61-63(74(84-60-28-20-17-21-29-60)85-75(83-33-43-103-45-41-93)73(61)87-86-65-49-69(101-13)71(51-67(65)99-11)104(94,95)46-36-88(34-38-90)76(5,6)7)54-80-55-77(8,9)89(35-39-91)37-47-105(96,97)70-50-66(98-10)59(48-68(70)100-12)27-23-31-82-72(56(3)24-22-30-79-53-58-25-18-16-19-26-58)57(4)62(52-78)64(15-2)81-32-42-102-44-40-92/h16-21,25-26,28-31,48-51,81,90-93H,3,14-15,22-24,27,32-47,53,55H2,1-2,4-13H3,(H,83,84,85)/p+1/b64-62+,72-57+,79-30?,82-31?,87-86?. The Hall–Kier alpha value is -8.65. The van der Waals surface area contributed by atoms with Crippen molar-refractivity contribution in [2.75, 3.05) is 149 Å². The van der Waals surface area contributed by atoms with Crippen molar-refractivity contribution >= 4 is 60.8 Å². The van der Waals surface area contributed by atoms with Crippen molar-refractivity contribution in [1.29, 1.82) is 5.26 Å². The lowest BCUT2D eigenvalue weighted by atomic mass is 9.98. The fourth-order valence-corrected chi connectivity index (χ4v) is 14.2. The number of aromatic nitrogens is 1. The SMILES string of the molecule is C=C(CCC=NCc1ccccc1)/C(N=CCCc1cc(OC)c(S(=O)(=O)CCN(CCO)C(C)(C)C[N+]#Cc2c(Nc3ccccc3)nc(NCCOCCO)c(N=Nc3cc(OC)c(S(=O)(=O)CCN(CCO)C(C)(C)C)cc3OC)c2CC)cc1OC)=C(C)\C(C#N)=C(/CC)NCCOCCO. The number of azo groups is 1. The molecule has 26 nitrogen and oxygen atoms in total. The molecule has 0 saturated carbocycles. The van der Waals surface area contributed by atoms with Crippen LogP contribution in [0.2, 0.25) is 0 Å². The molecule has 0 amide bonds. The summed E-state index contributed by atoms with van der Waals surface area (Å²) in [7, 11) is -2.48. The van der Waals surface area contributed by atoms with Crippen LogP contribution in [-0.4, -0.2) is 214 Å². The first-order valence-corrected chi connectivity index (χ1v) is 38.5. The molecular weight excluding hydrogens is 1380 g/mol. The van der Waals surface area contributed by atoms with Gasteiger partial charge >= 0.3 is 6.07 Å². The third kappa shape index (κ3) is 26.7. The number of hydrogen-bond acceptors (Lipinski definition) is 25. The number of allylic oxidation sites excluding steroid dienone is 4. The molecule has 0 spiro atoms. The predicted octanol–water partition coefficient (Wildman–Crippen LogP) is 11.0. The Morgan fingerprint density at radius 3 is 1.88 bits per heavy atom. The number of β-amino-alcohol motifs (C(OH)–C–C–N with tert-alkyl or cyclic N) is 2. The summed E-state index contributed by atoms with van der Waals surface area (Å²) in [5, 5.41) is 68.9. The van der Waals surface area contributed by atoms with Gasteiger partial charge in [-0.25, -0.2) is 21.8 Å². The zero-order valence-electron chi connectivity index (χ0n) is 63.1. The molecule has 572 valence electrons. The van der Waals surface area contributed by atoms with E-state index in [0.717, 1.165) is 5.56 Å². The topological polar surface area (TPSA) is 338 Å². The number of anilines is 3. The first-order chi connectivity index (χ1) is 50.3. The van der Waals surface area contributed by atoms with Crippen molar-refractivity contribution in [2.45, 2.75) is 121 Å². The second-order valence-corrected chi connectivity index (χ2v) is 30.0. The number of aliphatic hydroxyl groups is 4. The largest absolute Gasteiger partial charge is 0.496 e. The highest BCUT2D eigenvalue weighted by molar-refractivity contribution is 7.91. The van der Waals surface area contributed by atoms with Crippen molar-refractivity contribution in [3.63, 3.8) is 0 Å². The molecule has 1 heterocycles. The highest BCUT2D eigenvalue weighted by Crippen LogP contribution is 2.42. The van der Waals surface area contributed by atoms with Gasteiger partial charge in [-0.1, -0.05) is 73.8 Å². The average molecular weight is 1490 g/mol. The fraction of sp³-hybridized carbons (Fsp3) is 0.494. The van der Waals surface area contributed by atoms with Gasteiger partial charge in [-0.15, -0.1) is 10.2 Å². The second kappa shape index (κ2) is 44.3. The summed E-state index contributed by atoms with van der Waals surface area (Å²) < 4.78 is 91.6. The van der Waals surface area contributed by atoms with E-state index in [1.807, 2.05) is 132 Å². The maximum absolute atomic E-state index is 14.7. The van der Waals surface area contributed by atoms with Crippen molar-refractivity contribution in [3.05, 3.63) is 147 Å². The average Bonchev–Trinajstić information content (AvgIpc) is 0.793. The molecule has 0 aliphatic rings. The van der Waals surface area contributed by atoms with Crippen LogP contribution in [0.5, 0.6) is 23.0 Å². The van der Waals surface area contributed by atoms with Crippen LogP contribution in [0.1, 0.15) is 103 Å². The van der Waals surface area contributed by atoms with Gasteiger partial charge in [-0.3, -0.25) is 19.8 Å². The van der Waals surface area contributed by atoms with Crippen LogP contribution < -0.4 is 34.9 Å². The zero-order chi connectivity index (χ0) is 77.0. The number of aliphatic hydroxyl groups excluding tert-OH is 4. The van der Waals surface area contributed by atoms with Crippen molar-refractivity contribution in [3.8, 4) is 35.1 Å². The van der Waals surface area contributed by atoms with Crippen LogP contribution in [-0.2, 0) is 48.5 Å². The summed E-state index contributed by atoms with van der Waals surface area (Å²) in [6.45, 7) is 21.7. The Morgan fingerprint density at radius 2 is 1.30 bits per heavy atom. The summed E-state index contributed by atoms with van der Waals surface area (Å²) >= 11 is 0. The van der Waals surface area contributed by atoms with E-state index >= 15 is 0 Å². The maximum atomic E-state index is 14.7. The molecular formula is C77H109N12O14S2+. The van der Waals surface area contributed by atoms with Gasteiger partial charge < -0.3 is 64.8 Å². The zero-order valence-corrected chi connectivity index (χ0v) is 64.8. The van der Waals surface area contributed by atoms with E-state index in [9.17, 15) is 42.5 Å². The van der Waals surface area contributed by atoms with Gasteiger partial charge in [0.2, 0.25) is 0 Å². The van der Waals surface area contributed by atoms with E-state index in [0.29, 0.717) is 120 Å². The molecule has 0 unspecified atom stereocenters. The number of methoxy groups -OCH3 is 4. The number of nitrogens with one attached hydrogen (secondary N) is 3. The van der Waals surface area contributed by atoms with E-state index in [2.05, 4.69) is 44.8 Å². The third-order valence-electron chi connectivity index (χ3n) is 17.1. The molecule has 0 atom stereocenters. The first kappa shape index (κ1) is 87.0. The van der Waals surface area contributed by atoms with Gasteiger partial charge in [0.05, 0.1) is 116 Å². The monoisotopic (exact) mass is 1490 g/mol. The molecule has 0 saturated heterocycles. The number of rotatable bonds is 47. The van der Waals surface area contributed by atoms with Crippen LogP contribution in [0.25, 0.3) is 4.85 Å². The molecule has 5 aromatic rings.